The second-order valence-corrected chi connectivity index (χ2v) is 11.1. The summed E-state index contributed by atoms with van der Waals surface area (Å²) in [5.74, 6) is 0.836. The van der Waals surface area contributed by atoms with Crippen LogP contribution in [0.3, 0.4) is 0 Å². The summed E-state index contributed by atoms with van der Waals surface area (Å²) in [6.45, 7) is 0. The third-order valence-corrected chi connectivity index (χ3v) is 9.39. The standard InChI is InChI=1S/C25H23N3O2S3/c1-30-19(29)12-13-31-25-27-23(26)20-17-14-18(15-8-4-2-5-9-15)32-21(16-10-6-3-7-11-16)22(17)33-24(20)28-25/h2-11,18,21H,12-14H2,1H3,(H2,26,27,28)/t18-,21-/m0/s1. The Labute approximate surface area is 205 Å². The summed E-state index contributed by atoms with van der Waals surface area (Å²) in [5, 5.41) is 2.13. The zero-order chi connectivity index (χ0) is 22.8. The second-order valence-electron chi connectivity index (χ2n) is 7.72. The highest BCUT2D eigenvalue weighted by atomic mass is 32.2. The fourth-order valence-corrected chi connectivity index (χ4v) is 7.92. The Kier molecular flexibility index (Phi) is 6.57. The first-order valence-corrected chi connectivity index (χ1v) is 13.4. The molecule has 8 heteroatoms. The number of hydrogen-bond acceptors (Lipinski definition) is 8. The monoisotopic (exact) mass is 493 g/mol. The van der Waals surface area contributed by atoms with Gasteiger partial charge in [-0.15, -0.1) is 23.1 Å². The van der Waals surface area contributed by atoms with Gasteiger partial charge in [0.15, 0.2) is 5.16 Å². The van der Waals surface area contributed by atoms with Crippen LogP contribution in [-0.2, 0) is 16.0 Å². The Bertz CT molecular complexity index is 1280. The number of hydrogen-bond donors (Lipinski definition) is 1. The molecule has 168 valence electrons. The highest BCUT2D eigenvalue weighted by Crippen LogP contribution is 2.55. The molecular formula is C25H23N3O2S3. The summed E-state index contributed by atoms with van der Waals surface area (Å²) < 4.78 is 4.72. The minimum atomic E-state index is -0.238. The van der Waals surface area contributed by atoms with Crippen LogP contribution in [0.2, 0.25) is 0 Å². The number of carbonyl (C=O) groups is 1. The highest BCUT2D eigenvalue weighted by Gasteiger charge is 2.34. The molecule has 0 bridgehead atoms. The molecule has 1 aliphatic heterocycles. The number of rotatable bonds is 6. The van der Waals surface area contributed by atoms with Crippen LogP contribution >= 0.6 is 34.9 Å². The number of ether oxygens (including phenoxy) is 1. The second kappa shape index (κ2) is 9.75. The average molecular weight is 494 g/mol. The van der Waals surface area contributed by atoms with Crippen molar-refractivity contribution in [3.05, 3.63) is 82.2 Å². The van der Waals surface area contributed by atoms with Crippen LogP contribution in [0.25, 0.3) is 10.2 Å². The number of thiophene rings is 1. The van der Waals surface area contributed by atoms with Gasteiger partial charge in [-0.1, -0.05) is 72.4 Å². The maximum absolute atomic E-state index is 11.4. The molecule has 33 heavy (non-hydrogen) atoms. The van der Waals surface area contributed by atoms with Gasteiger partial charge in [0.25, 0.3) is 0 Å². The van der Waals surface area contributed by atoms with Gasteiger partial charge < -0.3 is 10.5 Å². The van der Waals surface area contributed by atoms with E-state index in [0.29, 0.717) is 28.4 Å². The number of esters is 1. The van der Waals surface area contributed by atoms with Gasteiger partial charge in [0.2, 0.25) is 0 Å². The predicted octanol–water partition coefficient (Wildman–Crippen LogP) is 6.05. The number of carbonyl (C=O) groups excluding carboxylic acids is 1. The zero-order valence-electron chi connectivity index (χ0n) is 18.1. The molecule has 1 aliphatic rings. The zero-order valence-corrected chi connectivity index (χ0v) is 20.5. The van der Waals surface area contributed by atoms with E-state index in [1.165, 1.54) is 40.4 Å². The van der Waals surface area contributed by atoms with Crippen LogP contribution in [0.1, 0.15) is 38.5 Å². The minimum Gasteiger partial charge on any atom is -0.469 e. The first-order valence-electron chi connectivity index (χ1n) is 10.7. The van der Waals surface area contributed by atoms with E-state index in [1.54, 1.807) is 11.3 Å². The molecule has 2 atom stereocenters. The third kappa shape index (κ3) is 4.60. The maximum Gasteiger partial charge on any atom is 0.306 e. The lowest BCUT2D eigenvalue weighted by atomic mass is 9.98. The van der Waals surface area contributed by atoms with Gasteiger partial charge in [0.1, 0.15) is 10.6 Å². The van der Waals surface area contributed by atoms with Crippen molar-refractivity contribution in [2.24, 2.45) is 0 Å². The number of aromatic nitrogens is 2. The van der Waals surface area contributed by atoms with Crippen LogP contribution in [-0.4, -0.2) is 28.8 Å². The molecule has 5 nitrogen and oxygen atoms in total. The van der Waals surface area contributed by atoms with Gasteiger partial charge in [-0.3, -0.25) is 4.79 Å². The largest absolute Gasteiger partial charge is 0.469 e. The van der Waals surface area contributed by atoms with Gasteiger partial charge in [0.05, 0.1) is 24.2 Å². The smallest absolute Gasteiger partial charge is 0.306 e. The summed E-state index contributed by atoms with van der Waals surface area (Å²) in [4.78, 5) is 23.1. The predicted molar refractivity (Wildman–Crippen MR) is 138 cm³/mol. The number of methoxy groups -OCH3 is 1. The maximum atomic E-state index is 11.4. The molecule has 0 fully saturated rings. The van der Waals surface area contributed by atoms with E-state index in [4.69, 9.17) is 15.5 Å². The lowest BCUT2D eigenvalue weighted by Crippen LogP contribution is -2.12. The van der Waals surface area contributed by atoms with Gasteiger partial charge in [-0.2, -0.15) is 0 Å². The number of nitrogens with two attached hydrogens (primary N) is 1. The van der Waals surface area contributed by atoms with Gasteiger partial charge >= 0.3 is 5.97 Å². The number of fused-ring (bicyclic) bond motifs is 3. The van der Waals surface area contributed by atoms with Crippen LogP contribution in [0, 0.1) is 0 Å². The first-order chi connectivity index (χ1) is 16.1. The minimum absolute atomic E-state index is 0.217. The number of nitrogen functional groups attached to an aromatic ring is 1. The molecule has 0 amide bonds. The fraction of sp³-hybridized carbons (Fsp3) is 0.240. The van der Waals surface area contributed by atoms with E-state index in [9.17, 15) is 4.79 Å². The summed E-state index contributed by atoms with van der Waals surface area (Å²) in [6, 6.07) is 21.3. The number of benzene rings is 2. The van der Waals surface area contributed by atoms with E-state index in [0.717, 1.165) is 16.6 Å². The average Bonchev–Trinajstić information content (AvgIpc) is 3.23. The van der Waals surface area contributed by atoms with Gasteiger partial charge in [-0.25, -0.2) is 9.97 Å². The van der Waals surface area contributed by atoms with E-state index in [2.05, 4.69) is 65.6 Å². The third-order valence-electron chi connectivity index (χ3n) is 5.66. The van der Waals surface area contributed by atoms with Crippen LogP contribution < -0.4 is 5.73 Å². The molecule has 0 saturated carbocycles. The van der Waals surface area contributed by atoms with Crippen molar-refractivity contribution < 1.29 is 9.53 Å². The molecule has 0 unspecified atom stereocenters. The van der Waals surface area contributed by atoms with Crippen LogP contribution in [0.5, 0.6) is 0 Å². The molecule has 0 aliphatic carbocycles. The van der Waals surface area contributed by atoms with Gasteiger partial charge in [0, 0.05) is 15.9 Å². The molecule has 2 aromatic carbocycles. The van der Waals surface area contributed by atoms with Gasteiger partial charge in [-0.05, 0) is 23.1 Å². The lowest BCUT2D eigenvalue weighted by molar-refractivity contribution is -0.140. The number of thioether (sulfide) groups is 2. The summed E-state index contributed by atoms with van der Waals surface area (Å²) in [7, 11) is 1.40. The molecule has 0 radical (unpaired) electrons. The first kappa shape index (κ1) is 22.3. The summed E-state index contributed by atoms with van der Waals surface area (Å²) >= 11 is 5.14. The Morgan fingerprint density at radius 2 is 1.79 bits per heavy atom. The molecule has 0 saturated heterocycles. The quantitative estimate of drug-likeness (QED) is 0.199. The number of nitrogens with zero attached hydrogens (tertiary/aromatic N) is 2. The summed E-state index contributed by atoms with van der Waals surface area (Å²) in [5.41, 5.74) is 10.4. The fourth-order valence-electron chi connectivity index (χ4n) is 4.07. The molecule has 2 N–H and O–H groups in total. The Morgan fingerprint density at radius 3 is 2.48 bits per heavy atom. The van der Waals surface area contributed by atoms with Crippen molar-refractivity contribution in [2.75, 3.05) is 18.6 Å². The molecule has 0 spiro atoms. The normalized spacial score (nSPS) is 17.6. The molecule has 4 aromatic rings. The van der Waals surface area contributed by atoms with Crippen molar-refractivity contribution in [1.29, 1.82) is 0 Å². The van der Waals surface area contributed by atoms with Crippen molar-refractivity contribution in [1.82, 2.24) is 9.97 Å². The number of anilines is 1. The topological polar surface area (TPSA) is 78.1 Å². The van der Waals surface area contributed by atoms with Crippen LogP contribution in [0.15, 0.2) is 65.8 Å². The Hall–Kier alpha value is -2.55. The Balaban J connectivity index is 1.55. The van der Waals surface area contributed by atoms with Crippen molar-refractivity contribution in [2.45, 2.75) is 28.5 Å². The highest BCUT2D eigenvalue weighted by molar-refractivity contribution is 8.00. The van der Waals surface area contributed by atoms with E-state index < -0.39 is 0 Å². The van der Waals surface area contributed by atoms with E-state index in [-0.39, 0.29) is 11.2 Å². The van der Waals surface area contributed by atoms with E-state index in [1.807, 2.05) is 11.8 Å². The molecular weight excluding hydrogens is 470 g/mol. The molecule has 2 aromatic heterocycles. The molecule has 3 heterocycles. The Morgan fingerprint density at radius 1 is 1.09 bits per heavy atom. The molecule has 5 rings (SSSR count). The van der Waals surface area contributed by atoms with Crippen LogP contribution in [0.4, 0.5) is 5.82 Å². The summed E-state index contributed by atoms with van der Waals surface area (Å²) in [6.07, 6.45) is 1.21. The lowest BCUT2D eigenvalue weighted by Gasteiger charge is -2.30. The van der Waals surface area contributed by atoms with Crippen molar-refractivity contribution in [3.8, 4) is 0 Å². The van der Waals surface area contributed by atoms with E-state index >= 15 is 0 Å². The van der Waals surface area contributed by atoms with Crippen molar-refractivity contribution >= 4 is 56.9 Å². The SMILES string of the molecule is COC(=O)CCSc1nc(N)c2c3c(sc2n1)[C@H](c1ccccc1)S[C@H](c1ccccc1)C3. The van der Waals surface area contributed by atoms with Crippen molar-refractivity contribution in [3.63, 3.8) is 0 Å².